The number of carboxylic acid groups (broad SMARTS) is 1. The predicted molar refractivity (Wildman–Crippen MR) is 66.8 cm³/mol. The number of carbonyl (C=O) groups is 2. The molecule has 2 heterocycles. The van der Waals surface area contributed by atoms with E-state index in [2.05, 4.69) is 10.3 Å². The second kappa shape index (κ2) is 5.79. The zero-order valence-electron chi connectivity index (χ0n) is 10.6. The van der Waals surface area contributed by atoms with Gasteiger partial charge in [-0.3, -0.25) is 4.79 Å². The molecule has 0 aromatic carbocycles. The van der Waals surface area contributed by atoms with Crippen molar-refractivity contribution in [2.75, 3.05) is 6.54 Å². The first kappa shape index (κ1) is 13.5. The van der Waals surface area contributed by atoms with Crippen molar-refractivity contribution in [2.24, 2.45) is 0 Å². The Bertz CT molecular complexity index is 489. The molecule has 0 bridgehead atoms. The molecule has 0 radical (unpaired) electrons. The minimum atomic E-state index is -0.950. The number of carbonyl (C=O) groups excluding carboxylic acids is 1. The zero-order valence-corrected chi connectivity index (χ0v) is 10.6. The van der Waals surface area contributed by atoms with Crippen molar-refractivity contribution >= 4 is 11.9 Å². The van der Waals surface area contributed by atoms with Crippen LogP contribution in [-0.4, -0.2) is 40.7 Å². The van der Waals surface area contributed by atoms with Crippen molar-refractivity contribution in [2.45, 2.75) is 32.0 Å². The summed E-state index contributed by atoms with van der Waals surface area (Å²) in [6.45, 7) is 2.12. The number of nitrogens with zero attached hydrogens (tertiary/aromatic N) is 1. The van der Waals surface area contributed by atoms with E-state index < -0.39 is 12.1 Å². The monoisotopic (exact) mass is 264 g/mol. The molecule has 0 saturated carbocycles. The summed E-state index contributed by atoms with van der Waals surface area (Å²) in [7, 11) is 0. The van der Waals surface area contributed by atoms with Crippen LogP contribution >= 0.6 is 0 Å². The van der Waals surface area contributed by atoms with E-state index in [1.807, 2.05) is 13.0 Å². The SMILES string of the molecule is Cc1cccc(C(=O)NCC2CCC(C(=O)O)O2)n1. The number of amides is 1. The summed E-state index contributed by atoms with van der Waals surface area (Å²) in [5.74, 6) is -1.22. The van der Waals surface area contributed by atoms with Crippen molar-refractivity contribution in [3.8, 4) is 0 Å². The number of rotatable bonds is 4. The lowest BCUT2D eigenvalue weighted by Crippen LogP contribution is -2.33. The van der Waals surface area contributed by atoms with Crippen LogP contribution < -0.4 is 5.32 Å². The average Bonchev–Trinajstić information content (AvgIpc) is 2.85. The smallest absolute Gasteiger partial charge is 0.332 e. The summed E-state index contributed by atoms with van der Waals surface area (Å²) in [4.78, 5) is 26.7. The molecular formula is C13H16N2O4. The summed E-state index contributed by atoms with van der Waals surface area (Å²) in [5, 5.41) is 11.5. The number of aryl methyl sites for hydroxylation is 1. The van der Waals surface area contributed by atoms with E-state index in [-0.39, 0.29) is 12.0 Å². The zero-order chi connectivity index (χ0) is 13.8. The Kier molecular flexibility index (Phi) is 4.11. The van der Waals surface area contributed by atoms with Crippen LogP contribution in [0.1, 0.15) is 29.0 Å². The molecule has 2 atom stereocenters. The quantitative estimate of drug-likeness (QED) is 0.837. The van der Waals surface area contributed by atoms with Gasteiger partial charge in [0.05, 0.1) is 6.10 Å². The molecule has 1 saturated heterocycles. The number of pyridine rings is 1. The number of aromatic nitrogens is 1. The van der Waals surface area contributed by atoms with E-state index in [4.69, 9.17) is 9.84 Å². The molecule has 1 fully saturated rings. The van der Waals surface area contributed by atoms with Crippen LogP contribution in [0.5, 0.6) is 0 Å². The normalized spacial score (nSPS) is 22.2. The minimum Gasteiger partial charge on any atom is -0.479 e. The van der Waals surface area contributed by atoms with Crippen LogP contribution in [0.2, 0.25) is 0 Å². The lowest BCUT2D eigenvalue weighted by Gasteiger charge is -2.12. The van der Waals surface area contributed by atoms with Crippen molar-refractivity contribution in [1.29, 1.82) is 0 Å². The van der Waals surface area contributed by atoms with E-state index in [0.29, 0.717) is 25.1 Å². The number of hydrogen-bond acceptors (Lipinski definition) is 4. The van der Waals surface area contributed by atoms with Gasteiger partial charge < -0.3 is 15.2 Å². The first-order valence-corrected chi connectivity index (χ1v) is 6.16. The van der Waals surface area contributed by atoms with Gasteiger partial charge in [0, 0.05) is 12.2 Å². The maximum atomic E-state index is 11.8. The van der Waals surface area contributed by atoms with Crippen LogP contribution in [0, 0.1) is 6.92 Å². The van der Waals surface area contributed by atoms with E-state index in [9.17, 15) is 9.59 Å². The Labute approximate surface area is 110 Å². The number of nitrogens with one attached hydrogen (secondary N) is 1. The Morgan fingerprint density at radius 1 is 1.47 bits per heavy atom. The molecule has 0 spiro atoms. The second-order valence-corrected chi connectivity index (χ2v) is 4.54. The van der Waals surface area contributed by atoms with Gasteiger partial charge in [-0.2, -0.15) is 0 Å². The summed E-state index contributed by atoms with van der Waals surface area (Å²) in [6.07, 6.45) is 0.130. The molecule has 2 unspecified atom stereocenters. The second-order valence-electron chi connectivity index (χ2n) is 4.54. The van der Waals surface area contributed by atoms with Crippen molar-refractivity contribution < 1.29 is 19.4 Å². The summed E-state index contributed by atoms with van der Waals surface area (Å²) < 4.78 is 5.30. The summed E-state index contributed by atoms with van der Waals surface area (Å²) in [5.41, 5.74) is 1.13. The van der Waals surface area contributed by atoms with Crippen molar-refractivity contribution in [1.82, 2.24) is 10.3 Å². The van der Waals surface area contributed by atoms with Gasteiger partial charge in [0.2, 0.25) is 0 Å². The average molecular weight is 264 g/mol. The molecule has 2 N–H and O–H groups in total. The summed E-state index contributed by atoms with van der Waals surface area (Å²) >= 11 is 0. The number of ether oxygens (including phenoxy) is 1. The van der Waals surface area contributed by atoms with E-state index in [1.165, 1.54) is 0 Å². The molecular weight excluding hydrogens is 248 g/mol. The predicted octanol–water partition coefficient (Wildman–Crippen LogP) is 0.752. The Balaban J connectivity index is 1.83. The molecule has 102 valence electrons. The number of hydrogen-bond donors (Lipinski definition) is 2. The Morgan fingerprint density at radius 3 is 2.89 bits per heavy atom. The van der Waals surface area contributed by atoms with Crippen molar-refractivity contribution in [3.63, 3.8) is 0 Å². The minimum absolute atomic E-state index is 0.241. The van der Waals surface area contributed by atoms with Gasteiger partial charge in [-0.25, -0.2) is 9.78 Å². The number of aliphatic carboxylic acids is 1. The Hall–Kier alpha value is -1.95. The molecule has 6 nitrogen and oxygen atoms in total. The maximum Gasteiger partial charge on any atom is 0.332 e. The van der Waals surface area contributed by atoms with Crippen LogP contribution in [-0.2, 0) is 9.53 Å². The molecule has 0 aliphatic carbocycles. The first-order valence-electron chi connectivity index (χ1n) is 6.16. The van der Waals surface area contributed by atoms with Gasteiger partial charge in [-0.15, -0.1) is 0 Å². The largest absolute Gasteiger partial charge is 0.479 e. The van der Waals surface area contributed by atoms with Crippen LogP contribution in [0.15, 0.2) is 18.2 Å². The highest BCUT2D eigenvalue weighted by atomic mass is 16.5. The summed E-state index contributed by atoms with van der Waals surface area (Å²) in [6, 6.07) is 5.22. The van der Waals surface area contributed by atoms with Gasteiger partial charge >= 0.3 is 5.97 Å². The van der Waals surface area contributed by atoms with E-state index in [1.54, 1.807) is 12.1 Å². The lowest BCUT2D eigenvalue weighted by molar-refractivity contribution is -0.149. The standard InChI is InChI=1S/C13H16N2O4/c1-8-3-2-4-10(15-8)12(16)14-7-9-5-6-11(19-9)13(17)18/h2-4,9,11H,5-7H2,1H3,(H,14,16)(H,17,18). The fraction of sp³-hybridized carbons (Fsp3) is 0.462. The number of carboxylic acids is 1. The first-order chi connectivity index (χ1) is 9.06. The van der Waals surface area contributed by atoms with E-state index >= 15 is 0 Å². The van der Waals surface area contributed by atoms with Crippen LogP contribution in [0.4, 0.5) is 0 Å². The van der Waals surface area contributed by atoms with Gasteiger partial charge in [-0.1, -0.05) is 6.07 Å². The third-order valence-electron chi connectivity index (χ3n) is 2.99. The topological polar surface area (TPSA) is 88.5 Å². The highest BCUT2D eigenvalue weighted by Gasteiger charge is 2.30. The highest BCUT2D eigenvalue weighted by Crippen LogP contribution is 2.19. The molecule has 19 heavy (non-hydrogen) atoms. The van der Waals surface area contributed by atoms with E-state index in [0.717, 1.165) is 5.69 Å². The molecule has 1 amide bonds. The Morgan fingerprint density at radius 2 is 2.26 bits per heavy atom. The molecule has 1 aromatic rings. The van der Waals surface area contributed by atoms with Gasteiger partial charge in [0.25, 0.3) is 5.91 Å². The fourth-order valence-corrected chi connectivity index (χ4v) is 2.00. The fourth-order valence-electron chi connectivity index (χ4n) is 2.00. The molecule has 1 aromatic heterocycles. The molecule has 1 aliphatic heterocycles. The van der Waals surface area contributed by atoms with Gasteiger partial charge in [0.15, 0.2) is 6.10 Å². The lowest BCUT2D eigenvalue weighted by atomic mass is 10.2. The highest BCUT2D eigenvalue weighted by molar-refractivity contribution is 5.92. The molecule has 1 aliphatic rings. The van der Waals surface area contributed by atoms with Gasteiger partial charge in [0.1, 0.15) is 5.69 Å². The molecule has 6 heteroatoms. The maximum absolute atomic E-state index is 11.8. The van der Waals surface area contributed by atoms with Crippen LogP contribution in [0.3, 0.4) is 0 Å². The third-order valence-corrected chi connectivity index (χ3v) is 2.99. The van der Waals surface area contributed by atoms with Gasteiger partial charge in [-0.05, 0) is 31.9 Å². The molecule has 2 rings (SSSR count). The third kappa shape index (κ3) is 3.51. The van der Waals surface area contributed by atoms with Crippen molar-refractivity contribution in [3.05, 3.63) is 29.6 Å². The van der Waals surface area contributed by atoms with Crippen LogP contribution in [0.25, 0.3) is 0 Å².